The second-order valence-electron chi connectivity index (χ2n) is 1.36. The van der Waals surface area contributed by atoms with Crippen molar-refractivity contribution in [2.75, 3.05) is 6.61 Å². The van der Waals surface area contributed by atoms with E-state index in [0.29, 0.717) is 6.42 Å². The molecular weight excluding hydrogens is 80.0 g/mol. The Labute approximate surface area is 37.4 Å². The number of hydrogen-bond donors (Lipinski definition) is 2. The van der Waals surface area contributed by atoms with Gasteiger partial charge in [0.25, 0.3) is 0 Å². The maximum absolute atomic E-state index is 8.39. The van der Waals surface area contributed by atoms with Crippen LogP contribution in [0.4, 0.5) is 0 Å². The summed E-state index contributed by atoms with van der Waals surface area (Å²) in [6.45, 7) is 1.73. The van der Waals surface area contributed by atoms with Crippen LogP contribution < -0.4 is 0 Å². The van der Waals surface area contributed by atoms with Crippen molar-refractivity contribution >= 4 is 0 Å². The summed E-state index contributed by atoms with van der Waals surface area (Å²) < 4.78 is 0. The average molecular weight is 90.1 g/mol. The number of hydrogen-bond acceptors (Lipinski definition) is 2. The van der Waals surface area contributed by atoms with Gasteiger partial charge in [-0.15, -0.1) is 0 Å². The Morgan fingerprint density at radius 2 is 2.17 bits per heavy atom. The largest absolute Gasteiger partial charge is 0.396 e. The first-order chi connectivity index (χ1) is 2.77. The first-order valence-electron chi connectivity index (χ1n) is 2.06. The third-order valence-corrected chi connectivity index (χ3v) is 0.547. The summed E-state index contributed by atoms with van der Waals surface area (Å²) in [5.41, 5.74) is 0. The zero-order chi connectivity index (χ0) is 4.99. The van der Waals surface area contributed by atoms with Gasteiger partial charge in [0.05, 0.1) is 6.10 Å². The zero-order valence-corrected chi connectivity index (χ0v) is 3.89. The minimum atomic E-state index is -0.352. The van der Waals surface area contributed by atoms with Crippen molar-refractivity contribution in [2.45, 2.75) is 19.4 Å². The highest BCUT2D eigenvalue weighted by molar-refractivity contribution is 4.40. The maximum Gasteiger partial charge on any atom is 0.0533 e. The molecular formula is C4H10O2. The predicted octanol–water partition coefficient (Wildman–Crippen LogP) is -0.250. The van der Waals surface area contributed by atoms with E-state index in [9.17, 15) is 0 Å². The highest BCUT2D eigenvalue weighted by Gasteiger charge is 1.88. The van der Waals surface area contributed by atoms with Gasteiger partial charge in [-0.1, -0.05) is 0 Å². The molecule has 0 heterocycles. The van der Waals surface area contributed by atoms with Crippen LogP contribution in [-0.2, 0) is 0 Å². The molecule has 0 saturated heterocycles. The summed E-state index contributed by atoms with van der Waals surface area (Å²) in [6.07, 6.45) is 0.134. The molecule has 2 N–H and O–H groups in total. The van der Waals surface area contributed by atoms with E-state index in [0.717, 1.165) is 0 Å². The highest BCUT2D eigenvalue weighted by Crippen LogP contribution is 1.83. The summed E-state index contributed by atoms with van der Waals surface area (Å²) in [6, 6.07) is 0. The molecule has 0 radical (unpaired) electrons. The molecule has 0 fully saturated rings. The summed E-state index contributed by atoms with van der Waals surface area (Å²) in [4.78, 5) is 0. The van der Waals surface area contributed by atoms with Crippen LogP contribution in [0.25, 0.3) is 0 Å². The molecule has 0 aromatic rings. The van der Waals surface area contributed by atoms with Crippen molar-refractivity contribution < 1.29 is 10.2 Å². The summed E-state index contributed by atoms with van der Waals surface area (Å²) in [7, 11) is 0. The summed E-state index contributed by atoms with van der Waals surface area (Å²) in [5, 5.41) is 16.5. The smallest absolute Gasteiger partial charge is 0.0533 e. The fraction of sp³-hybridized carbons (Fsp3) is 1.00. The Balaban J connectivity index is 2.63. The van der Waals surface area contributed by atoms with Crippen LogP contribution in [0.1, 0.15) is 13.3 Å². The molecule has 0 amide bonds. The molecule has 1 atom stereocenters. The minimum absolute atomic E-state index is 0.0810. The lowest BCUT2D eigenvalue weighted by Gasteiger charge is -1.95. The number of rotatable bonds is 2. The molecule has 0 saturated carbocycles. The second kappa shape index (κ2) is 3.12. The predicted molar refractivity (Wildman–Crippen MR) is 23.4 cm³/mol. The first kappa shape index (κ1) is 5.92. The van der Waals surface area contributed by atoms with Crippen molar-refractivity contribution in [1.82, 2.24) is 0 Å². The van der Waals surface area contributed by atoms with Gasteiger partial charge in [-0.3, -0.25) is 0 Å². The van der Waals surface area contributed by atoms with E-state index in [4.69, 9.17) is 10.2 Å². The van der Waals surface area contributed by atoms with Gasteiger partial charge in [-0.2, -0.15) is 0 Å². The van der Waals surface area contributed by atoms with Crippen LogP contribution >= 0.6 is 0 Å². The fourth-order valence-electron chi connectivity index (χ4n) is 0.187. The quantitative estimate of drug-likeness (QED) is 0.491. The highest BCUT2D eigenvalue weighted by atomic mass is 16.3. The van der Waals surface area contributed by atoms with E-state index in [1.54, 1.807) is 6.92 Å². The third-order valence-electron chi connectivity index (χ3n) is 0.547. The van der Waals surface area contributed by atoms with Crippen LogP contribution in [0.15, 0.2) is 0 Å². The molecule has 0 spiro atoms. The SMILES string of the molecule is C[C@@H](O)CCO. The maximum atomic E-state index is 8.39. The Kier molecular flexibility index (Phi) is 3.08. The van der Waals surface area contributed by atoms with Crippen molar-refractivity contribution in [1.29, 1.82) is 0 Å². The molecule has 0 bridgehead atoms. The van der Waals surface area contributed by atoms with Crippen LogP contribution in [0.5, 0.6) is 0 Å². The van der Waals surface area contributed by atoms with Crippen LogP contribution in [0.3, 0.4) is 0 Å². The number of aliphatic hydroxyl groups is 2. The van der Waals surface area contributed by atoms with E-state index in [-0.39, 0.29) is 12.7 Å². The van der Waals surface area contributed by atoms with Crippen LogP contribution in [0, 0.1) is 0 Å². The molecule has 2 nitrogen and oxygen atoms in total. The van der Waals surface area contributed by atoms with E-state index < -0.39 is 0 Å². The lowest BCUT2D eigenvalue weighted by molar-refractivity contribution is 0.148. The van der Waals surface area contributed by atoms with Gasteiger partial charge in [0, 0.05) is 6.61 Å². The third kappa shape index (κ3) is 3.92. The van der Waals surface area contributed by atoms with E-state index in [1.807, 2.05) is 0 Å². The zero-order valence-electron chi connectivity index (χ0n) is 3.89. The molecule has 0 aromatic heterocycles. The van der Waals surface area contributed by atoms with Gasteiger partial charge in [-0.05, 0) is 13.3 Å². The minimum Gasteiger partial charge on any atom is -0.396 e. The van der Waals surface area contributed by atoms with Crippen molar-refractivity contribution in [2.24, 2.45) is 0 Å². The summed E-state index contributed by atoms with van der Waals surface area (Å²) in [5.74, 6) is 0. The van der Waals surface area contributed by atoms with E-state index >= 15 is 0 Å². The molecule has 0 aliphatic carbocycles. The van der Waals surface area contributed by atoms with E-state index in [2.05, 4.69) is 0 Å². The van der Waals surface area contributed by atoms with Crippen LogP contribution in [0.2, 0.25) is 0 Å². The Hall–Kier alpha value is -0.0800. The first-order valence-corrected chi connectivity index (χ1v) is 2.06. The Bertz CT molecular complexity index is 26.7. The number of aliphatic hydroxyl groups excluding tert-OH is 2. The average Bonchev–Trinajstić information content (AvgIpc) is 1.35. The standard InChI is InChI=1S/C4H10O2/c1-4(6)2-3-5/h4-6H,2-3H2,1H3/t4-/m1/s1. The van der Waals surface area contributed by atoms with Crippen molar-refractivity contribution in [3.05, 3.63) is 0 Å². The molecule has 0 rings (SSSR count). The molecule has 0 aliphatic heterocycles. The molecule has 38 valence electrons. The Morgan fingerprint density at radius 3 is 2.17 bits per heavy atom. The van der Waals surface area contributed by atoms with Crippen molar-refractivity contribution in [3.8, 4) is 0 Å². The van der Waals surface area contributed by atoms with Gasteiger partial charge in [-0.25, -0.2) is 0 Å². The Morgan fingerprint density at radius 1 is 1.67 bits per heavy atom. The van der Waals surface area contributed by atoms with Gasteiger partial charge >= 0.3 is 0 Å². The van der Waals surface area contributed by atoms with Gasteiger partial charge in [0.15, 0.2) is 0 Å². The molecule has 0 aliphatic rings. The van der Waals surface area contributed by atoms with Crippen LogP contribution in [-0.4, -0.2) is 22.9 Å². The second-order valence-corrected chi connectivity index (χ2v) is 1.36. The van der Waals surface area contributed by atoms with Gasteiger partial charge in [0.1, 0.15) is 0 Å². The molecule has 0 unspecified atom stereocenters. The summed E-state index contributed by atoms with van der Waals surface area (Å²) >= 11 is 0. The van der Waals surface area contributed by atoms with Crippen molar-refractivity contribution in [3.63, 3.8) is 0 Å². The lowest BCUT2D eigenvalue weighted by Crippen LogP contribution is -2.00. The molecule has 6 heavy (non-hydrogen) atoms. The normalized spacial score (nSPS) is 14.5. The molecule has 0 aromatic carbocycles. The van der Waals surface area contributed by atoms with Gasteiger partial charge < -0.3 is 10.2 Å². The monoisotopic (exact) mass is 90.1 g/mol. The fourth-order valence-corrected chi connectivity index (χ4v) is 0.187. The topological polar surface area (TPSA) is 40.5 Å². The molecule has 2 heteroatoms. The van der Waals surface area contributed by atoms with E-state index in [1.165, 1.54) is 0 Å². The lowest BCUT2D eigenvalue weighted by atomic mass is 10.3. The van der Waals surface area contributed by atoms with Gasteiger partial charge in [0.2, 0.25) is 0 Å².